The van der Waals surface area contributed by atoms with E-state index in [9.17, 15) is 4.79 Å². The van der Waals surface area contributed by atoms with E-state index in [1.54, 1.807) is 4.90 Å². The van der Waals surface area contributed by atoms with Crippen molar-refractivity contribution in [2.75, 3.05) is 31.1 Å². The van der Waals surface area contributed by atoms with E-state index in [2.05, 4.69) is 35.2 Å². The molecule has 2 aliphatic heterocycles. The summed E-state index contributed by atoms with van der Waals surface area (Å²) in [4.78, 5) is 16.5. The quantitative estimate of drug-likeness (QED) is 0.794. The van der Waals surface area contributed by atoms with Crippen molar-refractivity contribution in [1.82, 2.24) is 4.90 Å². The highest BCUT2D eigenvalue weighted by Crippen LogP contribution is 2.25. The molecule has 0 radical (unpaired) electrons. The van der Waals surface area contributed by atoms with Gasteiger partial charge in [0.1, 0.15) is 6.10 Å². The van der Waals surface area contributed by atoms with Gasteiger partial charge in [0.05, 0.1) is 6.54 Å². The van der Waals surface area contributed by atoms with Crippen molar-refractivity contribution in [2.45, 2.75) is 32.3 Å². The second kappa shape index (κ2) is 8.13. The second-order valence-corrected chi connectivity index (χ2v) is 7.89. The molecule has 27 heavy (non-hydrogen) atoms. The molecule has 0 spiro atoms. The van der Waals surface area contributed by atoms with Crippen LogP contribution in [0.5, 0.6) is 0 Å². The molecule has 2 aromatic rings. The normalized spacial score (nSPS) is 21.4. The van der Waals surface area contributed by atoms with Gasteiger partial charge in [-0.25, -0.2) is 4.79 Å². The molecule has 0 aliphatic carbocycles. The number of carbonyl (C=O) groups is 1. The zero-order valence-corrected chi connectivity index (χ0v) is 16.0. The first-order valence-electron chi connectivity index (χ1n) is 9.98. The van der Waals surface area contributed by atoms with Crippen molar-refractivity contribution in [3.8, 4) is 0 Å². The lowest BCUT2D eigenvalue weighted by Crippen LogP contribution is -2.40. The third kappa shape index (κ3) is 4.51. The molecule has 4 heteroatoms. The number of amides is 1. The Hall–Kier alpha value is -2.33. The van der Waals surface area contributed by atoms with Gasteiger partial charge in [-0.2, -0.15) is 0 Å². The van der Waals surface area contributed by atoms with Crippen LogP contribution in [-0.4, -0.2) is 43.3 Å². The highest BCUT2D eigenvalue weighted by Gasteiger charge is 2.34. The second-order valence-electron chi connectivity index (χ2n) is 7.89. The van der Waals surface area contributed by atoms with Crippen molar-refractivity contribution in [3.63, 3.8) is 0 Å². The van der Waals surface area contributed by atoms with Gasteiger partial charge in [0.2, 0.25) is 0 Å². The molecule has 4 nitrogen and oxygen atoms in total. The molecule has 1 atom stereocenters. The first-order valence-corrected chi connectivity index (χ1v) is 9.98. The van der Waals surface area contributed by atoms with Crippen LogP contribution in [0, 0.1) is 12.8 Å². The molecule has 0 N–H and O–H groups in total. The molecule has 2 aromatic carbocycles. The Kier molecular flexibility index (Phi) is 5.44. The Labute approximate surface area is 161 Å². The summed E-state index contributed by atoms with van der Waals surface area (Å²) in [6, 6.07) is 18.8. The highest BCUT2D eigenvalue weighted by atomic mass is 16.6. The van der Waals surface area contributed by atoms with Gasteiger partial charge in [0.15, 0.2) is 0 Å². The minimum atomic E-state index is -0.218. The molecular formula is C23H28N2O2. The van der Waals surface area contributed by atoms with E-state index in [0.29, 0.717) is 6.54 Å². The summed E-state index contributed by atoms with van der Waals surface area (Å²) in [6.07, 6.45) is 3.36. The first-order chi connectivity index (χ1) is 13.2. The van der Waals surface area contributed by atoms with Gasteiger partial charge in [0.25, 0.3) is 0 Å². The van der Waals surface area contributed by atoms with Crippen molar-refractivity contribution < 1.29 is 9.53 Å². The number of aryl methyl sites for hydroxylation is 1. The topological polar surface area (TPSA) is 32.8 Å². The van der Waals surface area contributed by atoms with Crippen LogP contribution in [0.1, 0.15) is 24.0 Å². The van der Waals surface area contributed by atoms with E-state index < -0.39 is 0 Å². The summed E-state index contributed by atoms with van der Waals surface area (Å²) in [5.74, 6) is 0.763. The number of nitrogens with zero attached hydrogens (tertiary/aromatic N) is 2. The van der Waals surface area contributed by atoms with Gasteiger partial charge in [-0.3, -0.25) is 9.80 Å². The number of piperidine rings is 1. The molecule has 0 bridgehead atoms. The number of likely N-dealkylation sites (tertiary alicyclic amines) is 1. The molecule has 0 saturated carbocycles. The van der Waals surface area contributed by atoms with E-state index in [4.69, 9.17) is 4.74 Å². The standard InChI is InChI=1S/C23H28N2O2/c1-18-6-5-9-21(14-18)25-17-22(27-23(25)26)16-24-12-10-20(11-13-24)15-19-7-3-2-4-8-19/h2-9,14,20,22H,10-13,15-17H2,1H3. The number of cyclic esters (lactones) is 1. The summed E-state index contributed by atoms with van der Waals surface area (Å²) in [5.41, 5.74) is 3.53. The summed E-state index contributed by atoms with van der Waals surface area (Å²) in [6.45, 7) is 5.71. The average molecular weight is 364 g/mol. The Morgan fingerprint density at radius 3 is 2.56 bits per heavy atom. The number of carbonyl (C=O) groups excluding carboxylic acids is 1. The molecular weight excluding hydrogens is 336 g/mol. The van der Waals surface area contributed by atoms with E-state index in [1.165, 1.54) is 24.8 Å². The molecule has 2 fully saturated rings. The maximum atomic E-state index is 12.3. The van der Waals surface area contributed by atoms with Crippen molar-refractivity contribution >= 4 is 11.8 Å². The Bertz CT molecular complexity index is 769. The van der Waals surface area contributed by atoms with Crippen LogP contribution in [-0.2, 0) is 11.2 Å². The van der Waals surface area contributed by atoms with Crippen LogP contribution in [0.2, 0.25) is 0 Å². The molecule has 4 rings (SSSR count). The number of anilines is 1. The number of ether oxygens (including phenoxy) is 1. The SMILES string of the molecule is Cc1cccc(N2CC(CN3CCC(Cc4ccccc4)CC3)OC2=O)c1. The smallest absolute Gasteiger partial charge is 0.414 e. The Morgan fingerprint density at radius 1 is 1.04 bits per heavy atom. The van der Waals surface area contributed by atoms with Crippen LogP contribution in [0.4, 0.5) is 10.5 Å². The van der Waals surface area contributed by atoms with Crippen LogP contribution in [0.3, 0.4) is 0 Å². The third-order valence-corrected chi connectivity index (χ3v) is 5.72. The number of rotatable bonds is 5. The van der Waals surface area contributed by atoms with Crippen molar-refractivity contribution in [2.24, 2.45) is 5.92 Å². The summed E-state index contributed by atoms with van der Waals surface area (Å²) >= 11 is 0. The fraction of sp³-hybridized carbons (Fsp3) is 0.435. The van der Waals surface area contributed by atoms with Gasteiger partial charge in [-0.1, -0.05) is 42.5 Å². The summed E-state index contributed by atoms with van der Waals surface area (Å²) in [7, 11) is 0. The fourth-order valence-corrected chi connectivity index (χ4v) is 4.23. The molecule has 2 aliphatic rings. The highest BCUT2D eigenvalue weighted by molar-refractivity contribution is 5.89. The molecule has 0 aromatic heterocycles. The fourth-order valence-electron chi connectivity index (χ4n) is 4.23. The van der Waals surface area contributed by atoms with Gasteiger partial charge >= 0.3 is 6.09 Å². The first kappa shape index (κ1) is 18.1. The van der Waals surface area contributed by atoms with E-state index >= 15 is 0 Å². The lowest BCUT2D eigenvalue weighted by Gasteiger charge is -2.33. The average Bonchev–Trinajstić information content (AvgIpc) is 3.04. The van der Waals surface area contributed by atoms with Crippen LogP contribution in [0.15, 0.2) is 54.6 Å². The third-order valence-electron chi connectivity index (χ3n) is 5.72. The van der Waals surface area contributed by atoms with Gasteiger partial charge in [0, 0.05) is 12.2 Å². The van der Waals surface area contributed by atoms with E-state index in [-0.39, 0.29) is 12.2 Å². The monoisotopic (exact) mass is 364 g/mol. The Morgan fingerprint density at radius 2 is 1.81 bits per heavy atom. The van der Waals surface area contributed by atoms with Crippen LogP contribution >= 0.6 is 0 Å². The number of benzene rings is 2. The minimum Gasteiger partial charge on any atom is -0.443 e. The molecule has 2 heterocycles. The van der Waals surface area contributed by atoms with Crippen LogP contribution < -0.4 is 4.90 Å². The van der Waals surface area contributed by atoms with E-state index in [0.717, 1.165) is 36.8 Å². The molecule has 2 saturated heterocycles. The maximum Gasteiger partial charge on any atom is 0.414 e. The largest absolute Gasteiger partial charge is 0.443 e. The minimum absolute atomic E-state index is 0.0383. The summed E-state index contributed by atoms with van der Waals surface area (Å²) in [5, 5.41) is 0. The molecule has 1 unspecified atom stereocenters. The van der Waals surface area contributed by atoms with Crippen molar-refractivity contribution in [3.05, 3.63) is 65.7 Å². The maximum absolute atomic E-state index is 12.3. The van der Waals surface area contributed by atoms with E-state index in [1.807, 2.05) is 31.2 Å². The number of hydrogen-bond donors (Lipinski definition) is 0. The van der Waals surface area contributed by atoms with Gasteiger partial charge in [-0.05, 0) is 68.5 Å². The predicted molar refractivity (Wildman–Crippen MR) is 108 cm³/mol. The van der Waals surface area contributed by atoms with Crippen LogP contribution in [0.25, 0.3) is 0 Å². The van der Waals surface area contributed by atoms with Gasteiger partial charge in [-0.15, -0.1) is 0 Å². The summed E-state index contributed by atoms with van der Waals surface area (Å²) < 4.78 is 5.64. The molecule has 1 amide bonds. The zero-order valence-electron chi connectivity index (χ0n) is 16.0. The van der Waals surface area contributed by atoms with Gasteiger partial charge < -0.3 is 4.74 Å². The lowest BCUT2D eigenvalue weighted by atomic mass is 9.90. The molecule has 142 valence electrons. The van der Waals surface area contributed by atoms with Crippen molar-refractivity contribution in [1.29, 1.82) is 0 Å². The Balaban J connectivity index is 1.27. The lowest BCUT2D eigenvalue weighted by molar-refractivity contribution is 0.0914. The zero-order chi connectivity index (χ0) is 18.6. The number of hydrogen-bond acceptors (Lipinski definition) is 3. The predicted octanol–water partition coefficient (Wildman–Crippen LogP) is 4.27.